The Morgan fingerprint density at radius 1 is 1.14 bits per heavy atom. The third kappa shape index (κ3) is 4.49. The Bertz CT molecular complexity index is 412. The summed E-state index contributed by atoms with van der Waals surface area (Å²) in [4.78, 5) is 0. The molecule has 0 aromatic heterocycles. The van der Waals surface area contributed by atoms with E-state index < -0.39 is 18.3 Å². The SMILES string of the molecule is COCO[C@@H]1[C@@H]([C@H](O)c2ccccc2)OCC[C@H]1OCOC. The van der Waals surface area contributed by atoms with Crippen LogP contribution in [0.4, 0.5) is 0 Å². The van der Waals surface area contributed by atoms with Crippen molar-refractivity contribution in [1.29, 1.82) is 0 Å². The lowest BCUT2D eigenvalue weighted by Gasteiger charge is -2.39. The van der Waals surface area contributed by atoms with Gasteiger partial charge in [0, 0.05) is 20.8 Å². The topological polar surface area (TPSA) is 66.4 Å². The van der Waals surface area contributed by atoms with E-state index in [0.29, 0.717) is 13.0 Å². The maximum atomic E-state index is 10.6. The predicted molar refractivity (Wildman–Crippen MR) is 79.3 cm³/mol. The fourth-order valence-corrected chi connectivity index (χ4v) is 2.58. The van der Waals surface area contributed by atoms with Gasteiger partial charge in [0.1, 0.15) is 31.9 Å². The molecule has 1 aromatic rings. The van der Waals surface area contributed by atoms with Crippen LogP contribution in [0.5, 0.6) is 0 Å². The van der Waals surface area contributed by atoms with Crippen molar-refractivity contribution in [1.82, 2.24) is 0 Å². The van der Waals surface area contributed by atoms with Crippen LogP contribution in [0.15, 0.2) is 30.3 Å². The number of rotatable bonds is 8. The molecule has 1 aromatic carbocycles. The normalized spacial score (nSPS) is 26.8. The van der Waals surface area contributed by atoms with Gasteiger partial charge in [0.15, 0.2) is 0 Å². The standard InChI is InChI=1S/C16H24O6/c1-18-10-21-13-8-9-20-16(15(13)22-11-19-2)14(17)12-6-4-3-5-7-12/h3-7,13-17H,8-11H2,1-2H3/t13-,14-,15+,16-/m1/s1. The first kappa shape index (κ1) is 17.3. The van der Waals surface area contributed by atoms with Crippen molar-refractivity contribution in [2.45, 2.75) is 30.8 Å². The summed E-state index contributed by atoms with van der Waals surface area (Å²) in [6.45, 7) is 0.778. The maximum Gasteiger partial charge on any atom is 0.146 e. The van der Waals surface area contributed by atoms with Gasteiger partial charge in [-0.3, -0.25) is 0 Å². The molecule has 0 saturated carbocycles. The maximum absolute atomic E-state index is 10.6. The van der Waals surface area contributed by atoms with Crippen molar-refractivity contribution in [2.75, 3.05) is 34.4 Å². The summed E-state index contributed by atoms with van der Waals surface area (Å²) in [5, 5.41) is 10.6. The lowest BCUT2D eigenvalue weighted by Crippen LogP contribution is -2.50. The Morgan fingerprint density at radius 3 is 2.50 bits per heavy atom. The highest BCUT2D eigenvalue weighted by molar-refractivity contribution is 5.19. The number of ether oxygens (including phenoxy) is 5. The Morgan fingerprint density at radius 2 is 1.82 bits per heavy atom. The smallest absolute Gasteiger partial charge is 0.146 e. The van der Waals surface area contributed by atoms with Crippen LogP contribution in [0.3, 0.4) is 0 Å². The van der Waals surface area contributed by atoms with Crippen molar-refractivity contribution in [3.8, 4) is 0 Å². The van der Waals surface area contributed by atoms with Gasteiger partial charge in [-0.25, -0.2) is 0 Å². The van der Waals surface area contributed by atoms with Crippen LogP contribution >= 0.6 is 0 Å². The zero-order valence-corrected chi connectivity index (χ0v) is 13.0. The Kier molecular flexibility index (Phi) is 7.24. The molecule has 6 heteroatoms. The zero-order chi connectivity index (χ0) is 15.8. The molecule has 0 unspecified atom stereocenters. The summed E-state index contributed by atoms with van der Waals surface area (Å²) in [7, 11) is 3.12. The molecule has 6 nitrogen and oxygen atoms in total. The second kappa shape index (κ2) is 9.19. The fraction of sp³-hybridized carbons (Fsp3) is 0.625. The van der Waals surface area contributed by atoms with Crippen LogP contribution in [-0.4, -0.2) is 57.8 Å². The molecular weight excluding hydrogens is 288 g/mol. The van der Waals surface area contributed by atoms with E-state index in [-0.39, 0.29) is 19.7 Å². The van der Waals surface area contributed by atoms with Gasteiger partial charge >= 0.3 is 0 Å². The van der Waals surface area contributed by atoms with Gasteiger partial charge in [-0.1, -0.05) is 30.3 Å². The van der Waals surface area contributed by atoms with Gasteiger partial charge < -0.3 is 28.8 Å². The number of benzene rings is 1. The average molecular weight is 312 g/mol. The number of methoxy groups -OCH3 is 2. The first-order chi connectivity index (χ1) is 10.8. The molecule has 0 spiro atoms. The summed E-state index contributed by atoms with van der Waals surface area (Å²) in [5.41, 5.74) is 0.783. The van der Waals surface area contributed by atoms with Crippen molar-refractivity contribution in [3.05, 3.63) is 35.9 Å². The third-order valence-electron chi connectivity index (χ3n) is 3.63. The number of aliphatic hydroxyl groups is 1. The third-order valence-corrected chi connectivity index (χ3v) is 3.63. The van der Waals surface area contributed by atoms with Crippen molar-refractivity contribution >= 4 is 0 Å². The summed E-state index contributed by atoms with van der Waals surface area (Å²) in [6, 6.07) is 9.39. The van der Waals surface area contributed by atoms with E-state index in [1.807, 2.05) is 30.3 Å². The second-order valence-corrected chi connectivity index (χ2v) is 5.13. The Balaban J connectivity index is 2.11. The number of hydrogen-bond donors (Lipinski definition) is 1. The van der Waals surface area contributed by atoms with Gasteiger partial charge in [0.2, 0.25) is 0 Å². The molecule has 1 saturated heterocycles. The van der Waals surface area contributed by atoms with Crippen molar-refractivity contribution < 1.29 is 28.8 Å². The molecule has 0 bridgehead atoms. The van der Waals surface area contributed by atoms with E-state index in [2.05, 4.69) is 0 Å². The summed E-state index contributed by atoms with van der Waals surface area (Å²) in [5.74, 6) is 0. The van der Waals surface area contributed by atoms with E-state index in [1.165, 1.54) is 0 Å². The van der Waals surface area contributed by atoms with Crippen LogP contribution in [0.2, 0.25) is 0 Å². The highest BCUT2D eigenvalue weighted by Crippen LogP contribution is 2.30. The average Bonchev–Trinajstić information content (AvgIpc) is 2.58. The van der Waals surface area contributed by atoms with Crippen LogP contribution in [0, 0.1) is 0 Å². The van der Waals surface area contributed by atoms with Gasteiger partial charge in [0.25, 0.3) is 0 Å². The largest absolute Gasteiger partial charge is 0.386 e. The molecular formula is C16H24O6. The van der Waals surface area contributed by atoms with Gasteiger partial charge in [0.05, 0.1) is 6.10 Å². The fourth-order valence-electron chi connectivity index (χ4n) is 2.58. The first-order valence-corrected chi connectivity index (χ1v) is 7.33. The van der Waals surface area contributed by atoms with Crippen LogP contribution < -0.4 is 0 Å². The second-order valence-electron chi connectivity index (χ2n) is 5.13. The van der Waals surface area contributed by atoms with E-state index in [0.717, 1.165) is 5.56 Å². The summed E-state index contributed by atoms with van der Waals surface area (Å²) < 4.78 is 27.1. The Hall–Kier alpha value is -1.02. The minimum absolute atomic E-state index is 0.110. The highest BCUT2D eigenvalue weighted by atomic mass is 16.7. The van der Waals surface area contributed by atoms with Crippen molar-refractivity contribution in [2.24, 2.45) is 0 Å². The zero-order valence-electron chi connectivity index (χ0n) is 13.0. The summed E-state index contributed by atoms with van der Waals surface area (Å²) in [6.07, 6.45) is -1.29. The van der Waals surface area contributed by atoms with Gasteiger partial charge in [-0.2, -0.15) is 0 Å². The molecule has 2 rings (SSSR count). The lowest BCUT2D eigenvalue weighted by atomic mass is 9.93. The Labute approximate surface area is 130 Å². The molecule has 1 aliphatic rings. The van der Waals surface area contributed by atoms with Crippen LogP contribution in [-0.2, 0) is 23.7 Å². The number of hydrogen-bond acceptors (Lipinski definition) is 6. The van der Waals surface area contributed by atoms with Crippen LogP contribution in [0.1, 0.15) is 18.1 Å². The molecule has 1 N–H and O–H groups in total. The highest BCUT2D eigenvalue weighted by Gasteiger charge is 2.40. The van der Waals surface area contributed by atoms with E-state index >= 15 is 0 Å². The minimum atomic E-state index is -0.794. The molecule has 4 atom stereocenters. The van der Waals surface area contributed by atoms with E-state index in [9.17, 15) is 5.11 Å². The van der Waals surface area contributed by atoms with E-state index in [1.54, 1.807) is 14.2 Å². The van der Waals surface area contributed by atoms with Gasteiger partial charge in [-0.05, 0) is 12.0 Å². The van der Waals surface area contributed by atoms with Crippen LogP contribution in [0.25, 0.3) is 0 Å². The molecule has 22 heavy (non-hydrogen) atoms. The molecule has 0 aliphatic carbocycles. The molecule has 0 amide bonds. The first-order valence-electron chi connectivity index (χ1n) is 7.33. The minimum Gasteiger partial charge on any atom is -0.386 e. The van der Waals surface area contributed by atoms with Gasteiger partial charge in [-0.15, -0.1) is 0 Å². The lowest BCUT2D eigenvalue weighted by molar-refractivity contribution is -0.237. The molecule has 1 aliphatic heterocycles. The molecule has 0 radical (unpaired) electrons. The predicted octanol–water partition coefficient (Wildman–Crippen LogP) is 1.49. The monoisotopic (exact) mass is 312 g/mol. The van der Waals surface area contributed by atoms with E-state index in [4.69, 9.17) is 23.7 Å². The molecule has 124 valence electrons. The quantitative estimate of drug-likeness (QED) is 0.734. The van der Waals surface area contributed by atoms with Crippen molar-refractivity contribution in [3.63, 3.8) is 0 Å². The summed E-state index contributed by atoms with van der Waals surface area (Å²) >= 11 is 0. The number of aliphatic hydroxyl groups excluding tert-OH is 1. The molecule has 1 fully saturated rings. The molecule has 1 heterocycles.